The number of Topliss-reactive ketones (excluding diaryl/α,β-unsaturated/α-hetero) is 1. The molecule has 2 rings (SSSR count). The highest BCUT2D eigenvalue weighted by molar-refractivity contribution is 6.04. The molecule has 36 heavy (non-hydrogen) atoms. The Morgan fingerprint density at radius 1 is 0.917 bits per heavy atom. The van der Waals surface area contributed by atoms with Gasteiger partial charge in [0.25, 0.3) is 5.91 Å². The summed E-state index contributed by atoms with van der Waals surface area (Å²) in [6.07, 6.45) is -0.917. The van der Waals surface area contributed by atoms with Crippen LogP contribution < -0.4 is 10.1 Å². The number of hydrogen-bond acceptors (Lipinski definition) is 9. The highest BCUT2D eigenvalue weighted by atomic mass is 16.6. The maximum absolute atomic E-state index is 12.6. The zero-order chi connectivity index (χ0) is 26.5. The van der Waals surface area contributed by atoms with Gasteiger partial charge < -0.3 is 24.6 Å². The minimum Gasteiger partial charge on any atom is -0.482 e. The molecule has 190 valence electrons. The van der Waals surface area contributed by atoms with Crippen molar-refractivity contribution in [3.63, 3.8) is 0 Å². The highest BCUT2D eigenvalue weighted by Crippen LogP contribution is 2.14. The average Bonchev–Trinajstić information content (AvgIpc) is 2.85. The number of azo groups is 1. The molecule has 2 amide bonds. The maximum Gasteiger partial charge on any atom is 0.452 e. The molecular weight excluding hydrogens is 474 g/mol. The molecule has 0 aliphatic carbocycles. The van der Waals surface area contributed by atoms with Crippen molar-refractivity contribution < 1.29 is 43.3 Å². The van der Waals surface area contributed by atoms with Crippen molar-refractivity contribution in [3.8, 4) is 5.75 Å². The third-order valence-electron chi connectivity index (χ3n) is 4.48. The van der Waals surface area contributed by atoms with Gasteiger partial charge in [0.1, 0.15) is 19.0 Å². The first-order valence-corrected chi connectivity index (χ1v) is 10.7. The van der Waals surface area contributed by atoms with Crippen LogP contribution in [0.15, 0.2) is 58.8 Å². The fourth-order valence-electron chi connectivity index (χ4n) is 2.74. The Hall–Kier alpha value is -4.61. The zero-order valence-electron chi connectivity index (χ0n) is 19.6. The number of carbonyl (C=O) groups is 5. The molecule has 0 aliphatic rings. The molecule has 0 saturated heterocycles. The van der Waals surface area contributed by atoms with Gasteiger partial charge in [-0.05, 0) is 48.9 Å². The number of rotatable bonds is 12. The normalized spacial score (nSPS) is 11.4. The molecule has 0 aromatic heterocycles. The van der Waals surface area contributed by atoms with Crippen LogP contribution in [0.4, 0.5) is 4.79 Å². The number of ketones is 1. The molecule has 0 heterocycles. The number of carboxylic acid groups (broad SMARTS) is 1. The lowest BCUT2D eigenvalue weighted by Crippen LogP contribution is -2.38. The van der Waals surface area contributed by atoms with E-state index in [4.69, 9.17) is 14.6 Å². The Labute approximate surface area is 206 Å². The van der Waals surface area contributed by atoms with Gasteiger partial charge >= 0.3 is 18.0 Å². The number of nitrogens with zero attached hydrogens (tertiary/aromatic N) is 2. The monoisotopic (exact) mass is 499 g/mol. The molecule has 12 heteroatoms. The smallest absolute Gasteiger partial charge is 0.452 e. The summed E-state index contributed by atoms with van der Waals surface area (Å²) in [5.74, 6) is -2.08. The Morgan fingerprint density at radius 3 is 2.14 bits per heavy atom. The summed E-state index contributed by atoms with van der Waals surface area (Å²) in [7, 11) is 0. The van der Waals surface area contributed by atoms with E-state index in [0.29, 0.717) is 22.4 Å². The topological polar surface area (TPSA) is 170 Å². The summed E-state index contributed by atoms with van der Waals surface area (Å²) >= 11 is 0. The molecule has 12 nitrogen and oxygen atoms in total. The molecule has 2 N–H and O–H groups in total. The largest absolute Gasteiger partial charge is 0.482 e. The summed E-state index contributed by atoms with van der Waals surface area (Å²) in [4.78, 5) is 57.7. The molecular formula is C24H25N3O9. The molecule has 0 radical (unpaired) electrons. The summed E-state index contributed by atoms with van der Waals surface area (Å²) in [5, 5.41) is 18.4. The number of nitrogens with one attached hydrogen (secondary N) is 1. The van der Waals surface area contributed by atoms with Crippen LogP contribution in [0.1, 0.15) is 40.1 Å². The number of aliphatic carboxylic acids is 1. The fraction of sp³-hybridized carbons (Fsp3) is 0.292. The van der Waals surface area contributed by atoms with Gasteiger partial charge in [0.2, 0.25) is 0 Å². The predicted molar refractivity (Wildman–Crippen MR) is 124 cm³/mol. The summed E-state index contributed by atoms with van der Waals surface area (Å²) in [5.41, 5.74) is 1.33. The van der Waals surface area contributed by atoms with Gasteiger partial charge in [0.05, 0.1) is 12.6 Å². The van der Waals surface area contributed by atoms with Crippen LogP contribution >= 0.6 is 0 Å². The Morgan fingerprint density at radius 2 is 1.53 bits per heavy atom. The van der Waals surface area contributed by atoms with Gasteiger partial charge in [-0.2, -0.15) is 5.11 Å². The van der Waals surface area contributed by atoms with Gasteiger partial charge in [-0.3, -0.25) is 14.4 Å². The van der Waals surface area contributed by atoms with Crippen molar-refractivity contribution in [1.29, 1.82) is 0 Å². The van der Waals surface area contributed by atoms with Crippen molar-refractivity contribution in [3.05, 3.63) is 65.2 Å². The van der Waals surface area contributed by atoms with Gasteiger partial charge in [-0.25, -0.2) is 9.59 Å². The summed E-state index contributed by atoms with van der Waals surface area (Å²) in [6, 6.07) is 11.5. The van der Waals surface area contributed by atoms with E-state index >= 15 is 0 Å². The third-order valence-corrected chi connectivity index (χ3v) is 4.48. The predicted octanol–water partition coefficient (Wildman–Crippen LogP) is 2.80. The van der Waals surface area contributed by atoms with Crippen LogP contribution in [0, 0.1) is 0 Å². The minimum atomic E-state index is -1.11. The highest BCUT2D eigenvalue weighted by Gasteiger charge is 2.18. The van der Waals surface area contributed by atoms with Crippen molar-refractivity contribution in [2.75, 3.05) is 19.8 Å². The molecule has 2 aromatic rings. The first kappa shape index (κ1) is 27.6. The van der Waals surface area contributed by atoms with E-state index in [-0.39, 0.29) is 25.5 Å². The lowest BCUT2D eigenvalue weighted by atomic mass is 10.0. The Bertz CT molecular complexity index is 1110. The first-order chi connectivity index (χ1) is 17.2. The second kappa shape index (κ2) is 13.9. The molecule has 0 aliphatic heterocycles. The second-order valence-electron chi connectivity index (χ2n) is 7.32. The quantitative estimate of drug-likeness (QED) is 0.193. The number of carbonyl (C=O) groups excluding carboxylic acids is 4. The van der Waals surface area contributed by atoms with E-state index in [2.05, 4.69) is 20.3 Å². The fourth-order valence-corrected chi connectivity index (χ4v) is 2.74. The Kier molecular flexibility index (Phi) is 10.7. The lowest BCUT2D eigenvalue weighted by molar-refractivity contribution is -0.142. The van der Waals surface area contributed by atoms with E-state index in [1.807, 2.05) is 0 Å². The van der Waals surface area contributed by atoms with Gasteiger partial charge in [0.15, 0.2) is 12.4 Å². The second-order valence-corrected chi connectivity index (χ2v) is 7.32. The molecule has 0 unspecified atom stereocenters. The summed E-state index contributed by atoms with van der Waals surface area (Å²) < 4.78 is 14.4. The van der Waals surface area contributed by atoms with Gasteiger partial charge in [-0.15, -0.1) is 0 Å². The van der Waals surface area contributed by atoms with E-state index in [1.165, 1.54) is 31.2 Å². The van der Waals surface area contributed by atoms with Crippen LogP contribution in [0.3, 0.4) is 0 Å². The SMILES string of the molecule is CC(=O)OCCOC(=O)N=NCc1ccc(C(=O)N[C@@H](C)C(=O)c2ccc(OCC(=O)O)cc2)cc1. The lowest BCUT2D eigenvalue weighted by Gasteiger charge is -2.13. The molecule has 1 atom stereocenters. The molecule has 0 bridgehead atoms. The number of ether oxygens (including phenoxy) is 3. The first-order valence-electron chi connectivity index (χ1n) is 10.7. The van der Waals surface area contributed by atoms with Crippen molar-refractivity contribution in [2.24, 2.45) is 10.2 Å². The third kappa shape index (κ3) is 9.71. The van der Waals surface area contributed by atoms with Crippen LogP contribution in [0.25, 0.3) is 0 Å². The number of amides is 2. The molecule has 0 spiro atoms. The average molecular weight is 499 g/mol. The minimum absolute atomic E-state index is 0.0693. The maximum atomic E-state index is 12.6. The van der Waals surface area contributed by atoms with Crippen molar-refractivity contribution >= 4 is 29.7 Å². The van der Waals surface area contributed by atoms with E-state index in [0.717, 1.165) is 0 Å². The van der Waals surface area contributed by atoms with Crippen molar-refractivity contribution in [1.82, 2.24) is 5.32 Å². The number of hydrogen-bond donors (Lipinski definition) is 2. The van der Waals surface area contributed by atoms with E-state index in [1.54, 1.807) is 31.2 Å². The Balaban J connectivity index is 1.82. The van der Waals surface area contributed by atoms with E-state index in [9.17, 15) is 24.0 Å². The molecule has 0 saturated carbocycles. The number of carboxylic acids is 1. The van der Waals surface area contributed by atoms with Gasteiger partial charge in [0, 0.05) is 18.1 Å². The number of esters is 1. The van der Waals surface area contributed by atoms with E-state index < -0.39 is 36.6 Å². The van der Waals surface area contributed by atoms with Crippen LogP contribution in [-0.4, -0.2) is 60.7 Å². The van der Waals surface area contributed by atoms with Crippen LogP contribution in [-0.2, 0) is 25.6 Å². The summed E-state index contributed by atoms with van der Waals surface area (Å²) in [6.45, 7) is 2.17. The zero-order valence-corrected chi connectivity index (χ0v) is 19.6. The standard InChI is InChI=1S/C24H25N3O9/c1-15(22(31)18-7-9-20(10-8-18)36-14-21(29)30)26-23(32)19-5-3-17(4-6-19)13-25-27-24(33)35-12-11-34-16(2)28/h3-10,15H,11-14H2,1-2H3,(H,26,32)(H,29,30)/t15-/m0/s1. The number of benzene rings is 2. The molecule has 2 aromatic carbocycles. The van der Waals surface area contributed by atoms with Gasteiger partial charge in [-0.1, -0.05) is 17.2 Å². The van der Waals surface area contributed by atoms with Crippen LogP contribution in [0.5, 0.6) is 5.75 Å². The van der Waals surface area contributed by atoms with Crippen molar-refractivity contribution in [2.45, 2.75) is 26.4 Å². The molecule has 0 fully saturated rings. The van der Waals surface area contributed by atoms with Crippen LogP contribution in [0.2, 0.25) is 0 Å².